The second-order valence-electron chi connectivity index (χ2n) is 4.92. The molecular formula is C15H23F2NO. The van der Waals surface area contributed by atoms with E-state index in [1.165, 1.54) is 12.1 Å². The Morgan fingerprint density at radius 3 is 2.05 bits per heavy atom. The Labute approximate surface area is 114 Å². The molecule has 108 valence electrons. The van der Waals surface area contributed by atoms with Gasteiger partial charge in [-0.25, -0.2) is 8.78 Å². The summed E-state index contributed by atoms with van der Waals surface area (Å²) in [6, 6.07) is 2.40. The Morgan fingerprint density at radius 1 is 1.11 bits per heavy atom. The molecule has 1 N–H and O–H groups in total. The highest BCUT2D eigenvalue weighted by Gasteiger charge is 2.14. The third-order valence-electron chi connectivity index (χ3n) is 3.60. The van der Waals surface area contributed by atoms with Crippen LogP contribution >= 0.6 is 0 Å². The quantitative estimate of drug-likeness (QED) is 0.812. The summed E-state index contributed by atoms with van der Waals surface area (Å²) >= 11 is 0. The number of aromatic hydroxyl groups is 1. The average molecular weight is 271 g/mol. The molecule has 19 heavy (non-hydrogen) atoms. The molecule has 0 aliphatic heterocycles. The lowest BCUT2D eigenvalue weighted by Gasteiger charge is -2.25. The van der Waals surface area contributed by atoms with Gasteiger partial charge in [0.15, 0.2) is 17.4 Å². The minimum absolute atomic E-state index is 0.501. The van der Waals surface area contributed by atoms with Gasteiger partial charge in [-0.3, -0.25) is 4.90 Å². The number of phenols is 1. The molecule has 0 unspecified atom stereocenters. The molecule has 0 atom stereocenters. The number of phenolic OH excluding ortho intramolecular Hbond substituents is 1. The van der Waals surface area contributed by atoms with E-state index in [0.29, 0.717) is 18.0 Å². The summed E-state index contributed by atoms with van der Waals surface area (Å²) in [5.41, 5.74) is 0.556. The lowest BCUT2D eigenvalue weighted by atomic mass is 10.0. The summed E-state index contributed by atoms with van der Waals surface area (Å²) in [5.74, 6) is -2.08. The number of benzene rings is 1. The molecule has 2 nitrogen and oxygen atoms in total. The molecule has 0 aromatic heterocycles. The number of halogens is 2. The first-order valence-electron chi connectivity index (χ1n) is 6.90. The van der Waals surface area contributed by atoms with E-state index in [1.54, 1.807) is 0 Å². The van der Waals surface area contributed by atoms with Gasteiger partial charge in [0.25, 0.3) is 0 Å². The van der Waals surface area contributed by atoms with Gasteiger partial charge in [-0.05, 0) is 30.2 Å². The standard InChI is InChI=1S/C15H23F2NO/c1-4-11(5-2)9-18(6-3)10-12-7-13(16)15(19)14(17)8-12/h7-8,11,19H,4-6,9-10H2,1-3H3. The summed E-state index contributed by atoms with van der Waals surface area (Å²) in [7, 11) is 0. The zero-order chi connectivity index (χ0) is 14.4. The third kappa shape index (κ3) is 4.46. The largest absolute Gasteiger partial charge is 0.503 e. The maximum absolute atomic E-state index is 13.3. The van der Waals surface area contributed by atoms with Gasteiger partial charge in [0, 0.05) is 13.1 Å². The van der Waals surface area contributed by atoms with Crippen LogP contribution in [0.3, 0.4) is 0 Å². The molecule has 0 amide bonds. The number of nitrogens with zero attached hydrogens (tertiary/aromatic N) is 1. The van der Waals surface area contributed by atoms with Crippen LogP contribution in [-0.2, 0) is 6.54 Å². The van der Waals surface area contributed by atoms with Crippen molar-refractivity contribution < 1.29 is 13.9 Å². The molecule has 0 fully saturated rings. The molecular weight excluding hydrogens is 248 g/mol. The van der Waals surface area contributed by atoms with Crippen LogP contribution in [0.15, 0.2) is 12.1 Å². The summed E-state index contributed by atoms with van der Waals surface area (Å²) in [4.78, 5) is 2.17. The molecule has 4 heteroatoms. The molecule has 0 aliphatic rings. The maximum Gasteiger partial charge on any atom is 0.187 e. The van der Waals surface area contributed by atoms with Crippen molar-refractivity contribution in [3.63, 3.8) is 0 Å². The van der Waals surface area contributed by atoms with Crippen LogP contribution in [0.25, 0.3) is 0 Å². The van der Waals surface area contributed by atoms with Gasteiger partial charge in [0.05, 0.1) is 0 Å². The maximum atomic E-state index is 13.3. The molecule has 1 rings (SSSR count). The van der Waals surface area contributed by atoms with Crippen LogP contribution in [0.5, 0.6) is 5.75 Å². The second-order valence-corrected chi connectivity index (χ2v) is 4.92. The van der Waals surface area contributed by atoms with E-state index in [4.69, 9.17) is 5.11 Å². The molecule has 0 spiro atoms. The third-order valence-corrected chi connectivity index (χ3v) is 3.60. The van der Waals surface area contributed by atoms with E-state index < -0.39 is 17.4 Å². The average Bonchev–Trinajstić information content (AvgIpc) is 2.40. The van der Waals surface area contributed by atoms with Crippen molar-refractivity contribution in [2.75, 3.05) is 13.1 Å². The number of hydrogen-bond donors (Lipinski definition) is 1. The summed E-state index contributed by atoms with van der Waals surface area (Å²) in [6.45, 7) is 8.61. The fraction of sp³-hybridized carbons (Fsp3) is 0.600. The number of rotatable bonds is 7. The Bertz CT molecular complexity index is 382. The van der Waals surface area contributed by atoms with Crippen molar-refractivity contribution in [1.29, 1.82) is 0 Å². The van der Waals surface area contributed by atoms with Crippen molar-refractivity contribution >= 4 is 0 Å². The van der Waals surface area contributed by atoms with E-state index in [2.05, 4.69) is 18.7 Å². The van der Waals surface area contributed by atoms with Crippen LogP contribution in [0.1, 0.15) is 39.2 Å². The van der Waals surface area contributed by atoms with Gasteiger partial charge < -0.3 is 5.11 Å². The Hall–Kier alpha value is -1.16. The first-order valence-corrected chi connectivity index (χ1v) is 6.90. The van der Waals surface area contributed by atoms with Gasteiger partial charge in [-0.2, -0.15) is 0 Å². The molecule has 1 aromatic rings. The predicted octanol–water partition coefficient (Wildman–Crippen LogP) is 3.93. The molecule has 0 bridgehead atoms. The summed E-state index contributed by atoms with van der Waals surface area (Å²) in [5, 5.41) is 9.08. The Balaban J connectivity index is 2.75. The van der Waals surface area contributed by atoms with Gasteiger partial charge in [0.2, 0.25) is 0 Å². The smallest absolute Gasteiger partial charge is 0.187 e. The van der Waals surface area contributed by atoms with Gasteiger partial charge in [-0.15, -0.1) is 0 Å². The highest BCUT2D eigenvalue weighted by molar-refractivity contribution is 5.29. The van der Waals surface area contributed by atoms with E-state index in [0.717, 1.165) is 25.9 Å². The molecule has 0 heterocycles. The van der Waals surface area contributed by atoms with Crippen LogP contribution in [0.2, 0.25) is 0 Å². The lowest BCUT2D eigenvalue weighted by Crippen LogP contribution is -2.28. The Kier molecular flexibility index (Phi) is 6.22. The fourth-order valence-corrected chi connectivity index (χ4v) is 2.18. The van der Waals surface area contributed by atoms with Gasteiger partial charge in [-0.1, -0.05) is 33.6 Å². The van der Waals surface area contributed by atoms with Crippen LogP contribution in [0, 0.1) is 17.6 Å². The second kappa shape index (κ2) is 7.43. The van der Waals surface area contributed by atoms with Crippen molar-refractivity contribution in [1.82, 2.24) is 4.90 Å². The minimum Gasteiger partial charge on any atom is -0.503 e. The van der Waals surface area contributed by atoms with Gasteiger partial charge >= 0.3 is 0 Å². The highest BCUT2D eigenvalue weighted by Crippen LogP contribution is 2.22. The topological polar surface area (TPSA) is 23.5 Å². The van der Waals surface area contributed by atoms with E-state index in [1.807, 2.05) is 6.92 Å². The predicted molar refractivity (Wildman–Crippen MR) is 73.0 cm³/mol. The molecule has 0 aliphatic carbocycles. The van der Waals surface area contributed by atoms with Crippen molar-refractivity contribution in [3.05, 3.63) is 29.3 Å². The first kappa shape index (κ1) is 15.9. The van der Waals surface area contributed by atoms with Gasteiger partial charge in [0.1, 0.15) is 0 Å². The monoisotopic (exact) mass is 271 g/mol. The SMILES string of the molecule is CCC(CC)CN(CC)Cc1cc(F)c(O)c(F)c1. The van der Waals surface area contributed by atoms with Crippen LogP contribution in [-0.4, -0.2) is 23.1 Å². The van der Waals surface area contributed by atoms with Crippen LogP contribution in [0.4, 0.5) is 8.78 Å². The van der Waals surface area contributed by atoms with E-state index >= 15 is 0 Å². The number of hydrogen-bond acceptors (Lipinski definition) is 2. The fourth-order valence-electron chi connectivity index (χ4n) is 2.18. The summed E-state index contributed by atoms with van der Waals surface area (Å²) < 4.78 is 26.6. The van der Waals surface area contributed by atoms with Crippen LogP contribution < -0.4 is 0 Å². The molecule has 1 aromatic carbocycles. The zero-order valence-electron chi connectivity index (χ0n) is 11.9. The molecule has 0 saturated heterocycles. The zero-order valence-corrected chi connectivity index (χ0v) is 11.9. The first-order chi connectivity index (χ1) is 9.01. The Morgan fingerprint density at radius 2 is 1.63 bits per heavy atom. The molecule has 0 radical (unpaired) electrons. The van der Waals surface area contributed by atoms with E-state index in [-0.39, 0.29) is 0 Å². The molecule has 0 saturated carbocycles. The lowest BCUT2D eigenvalue weighted by molar-refractivity contribution is 0.225. The van der Waals surface area contributed by atoms with Crippen molar-refractivity contribution in [2.24, 2.45) is 5.92 Å². The normalized spacial score (nSPS) is 11.5. The van der Waals surface area contributed by atoms with Crippen molar-refractivity contribution in [3.8, 4) is 5.75 Å². The van der Waals surface area contributed by atoms with Crippen molar-refractivity contribution in [2.45, 2.75) is 40.2 Å². The highest BCUT2D eigenvalue weighted by atomic mass is 19.1. The van der Waals surface area contributed by atoms with E-state index in [9.17, 15) is 8.78 Å². The summed E-state index contributed by atoms with van der Waals surface area (Å²) in [6.07, 6.45) is 2.20. The minimum atomic E-state index is -0.896.